The first-order chi connectivity index (χ1) is 9.38. The van der Waals surface area contributed by atoms with Gasteiger partial charge in [-0.1, -0.05) is 0 Å². The van der Waals surface area contributed by atoms with Crippen LogP contribution in [0.25, 0.3) is 0 Å². The highest BCUT2D eigenvalue weighted by Crippen LogP contribution is 2.36. The summed E-state index contributed by atoms with van der Waals surface area (Å²) in [6.45, 7) is 0.210. The second-order valence-electron chi connectivity index (χ2n) is 4.37. The Morgan fingerprint density at radius 3 is 2.70 bits per heavy atom. The Morgan fingerprint density at radius 2 is 2.05 bits per heavy atom. The number of carbonyl (C=O) groups is 1. The number of sulfonamides is 1. The van der Waals surface area contributed by atoms with Crippen LogP contribution in [0.4, 0.5) is 5.69 Å². The second kappa shape index (κ2) is 5.58. The van der Waals surface area contributed by atoms with E-state index in [-0.39, 0.29) is 26.2 Å². The van der Waals surface area contributed by atoms with Gasteiger partial charge in [-0.3, -0.25) is 9.10 Å². The monoisotopic (exact) mass is 301 g/mol. The van der Waals surface area contributed by atoms with E-state index >= 15 is 0 Å². The molecule has 0 saturated carbocycles. The molecule has 7 nitrogen and oxygen atoms in total. The fourth-order valence-electron chi connectivity index (χ4n) is 1.90. The zero-order chi connectivity index (χ0) is 14.8. The lowest BCUT2D eigenvalue weighted by atomic mass is 10.2. The van der Waals surface area contributed by atoms with E-state index in [4.69, 9.17) is 14.6 Å². The Kier molecular flexibility index (Phi) is 4.03. The normalized spacial score (nSPS) is 13.2. The zero-order valence-corrected chi connectivity index (χ0v) is 11.7. The minimum absolute atomic E-state index is 0.0867. The van der Waals surface area contributed by atoms with Crippen LogP contribution in [0, 0.1) is 0 Å². The van der Waals surface area contributed by atoms with E-state index in [0.29, 0.717) is 17.2 Å². The number of carboxylic acids is 1. The SMILES string of the molecule is CS(=O)(=O)N(CCCC(=O)O)c1ccc2c(c1)OCO2. The summed E-state index contributed by atoms with van der Waals surface area (Å²) in [4.78, 5) is 10.5. The van der Waals surface area contributed by atoms with Crippen LogP contribution in [-0.2, 0) is 14.8 Å². The number of anilines is 1. The zero-order valence-electron chi connectivity index (χ0n) is 10.9. The van der Waals surface area contributed by atoms with Crippen LogP contribution in [0.1, 0.15) is 12.8 Å². The summed E-state index contributed by atoms with van der Waals surface area (Å²) >= 11 is 0. The van der Waals surface area contributed by atoms with Gasteiger partial charge >= 0.3 is 5.97 Å². The van der Waals surface area contributed by atoms with Crippen molar-refractivity contribution in [2.24, 2.45) is 0 Å². The summed E-state index contributed by atoms with van der Waals surface area (Å²) in [6, 6.07) is 4.81. The van der Waals surface area contributed by atoms with Gasteiger partial charge in [-0.15, -0.1) is 0 Å². The third kappa shape index (κ3) is 3.32. The Hall–Kier alpha value is -1.96. The van der Waals surface area contributed by atoms with Crippen LogP contribution in [-0.4, -0.2) is 39.1 Å². The number of hydrogen-bond donors (Lipinski definition) is 1. The number of rotatable bonds is 6. The molecule has 0 atom stereocenters. The number of hydrogen-bond acceptors (Lipinski definition) is 5. The van der Waals surface area contributed by atoms with Gasteiger partial charge in [0.1, 0.15) is 0 Å². The maximum absolute atomic E-state index is 11.8. The molecular weight excluding hydrogens is 286 g/mol. The van der Waals surface area contributed by atoms with Gasteiger partial charge in [-0.25, -0.2) is 8.42 Å². The average molecular weight is 301 g/mol. The Labute approximate surface area is 116 Å². The van der Waals surface area contributed by atoms with Gasteiger partial charge in [0.15, 0.2) is 11.5 Å². The molecule has 0 fully saturated rings. The lowest BCUT2D eigenvalue weighted by molar-refractivity contribution is -0.137. The molecule has 0 saturated heterocycles. The van der Waals surface area contributed by atoms with Crippen LogP contribution in [0.15, 0.2) is 18.2 Å². The fraction of sp³-hybridized carbons (Fsp3) is 0.417. The van der Waals surface area contributed by atoms with Gasteiger partial charge in [0.05, 0.1) is 11.9 Å². The van der Waals surface area contributed by atoms with Gasteiger partial charge in [-0.05, 0) is 18.6 Å². The number of carboxylic acid groups (broad SMARTS) is 1. The van der Waals surface area contributed by atoms with Crippen molar-refractivity contribution in [2.45, 2.75) is 12.8 Å². The number of fused-ring (bicyclic) bond motifs is 1. The molecule has 0 unspecified atom stereocenters. The van der Waals surface area contributed by atoms with Crippen molar-refractivity contribution in [3.8, 4) is 11.5 Å². The number of benzene rings is 1. The molecule has 0 radical (unpaired) electrons. The topological polar surface area (TPSA) is 93.1 Å². The summed E-state index contributed by atoms with van der Waals surface area (Å²) in [6.07, 6.45) is 1.23. The molecule has 1 aliphatic rings. The molecule has 1 aliphatic heterocycles. The van der Waals surface area contributed by atoms with E-state index in [9.17, 15) is 13.2 Å². The van der Waals surface area contributed by atoms with Crippen molar-refractivity contribution in [2.75, 3.05) is 23.9 Å². The lowest BCUT2D eigenvalue weighted by Gasteiger charge is -2.22. The average Bonchev–Trinajstić information content (AvgIpc) is 2.79. The van der Waals surface area contributed by atoms with Gasteiger partial charge in [-0.2, -0.15) is 0 Å². The molecule has 0 aromatic heterocycles. The van der Waals surface area contributed by atoms with E-state index in [1.54, 1.807) is 18.2 Å². The molecule has 0 amide bonds. The molecule has 8 heteroatoms. The van der Waals surface area contributed by atoms with Gasteiger partial charge < -0.3 is 14.6 Å². The number of nitrogens with zero attached hydrogens (tertiary/aromatic N) is 1. The van der Waals surface area contributed by atoms with E-state index in [0.717, 1.165) is 10.6 Å². The van der Waals surface area contributed by atoms with Crippen LogP contribution in [0.5, 0.6) is 11.5 Å². The Bertz CT molecular complexity index is 612. The first kappa shape index (κ1) is 14.4. The lowest BCUT2D eigenvalue weighted by Crippen LogP contribution is -2.31. The smallest absolute Gasteiger partial charge is 0.303 e. The highest BCUT2D eigenvalue weighted by molar-refractivity contribution is 7.92. The molecule has 1 N–H and O–H groups in total. The summed E-state index contributed by atoms with van der Waals surface area (Å²) < 4.78 is 35.2. The molecule has 0 aliphatic carbocycles. The van der Waals surface area contributed by atoms with Crippen LogP contribution < -0.4 is 13.8 Å². The maximum Gasteiger partial charge on any atom is 0.303 e. The molecule has 110 valence electrons. The molecule has 0 bridgehead atoms. The molecule has 20 heavy (non-hydrogen) atoms. The van der Waals surface area contributed by atoms with Crippen LogP contribution in [0.3, 0.4) is 0 Å². The van der Waals surface area contributed by atoms with E-state index < -0.39 is 16.0 Å². The van der Waals surface area contributed by atoms with Crippen molar-refractivity contribution >= 4 is 21.7 Å². The quantitative estimate of drug-likeness (QED) is 0.844. The molecule has 1 aromatic rings. The van der Waals surface area contributed by atoms with Gasteiger partial charge in [0, 0.05) is 19.0 Å². The van der Waals surface area contributed by atoms with E-state index in [2.05, 4.69) is 0 Å². The summed E-state index contributed by atoms with van der Waals surface area (Å²) in [5.41, 5.74) is 0.433. The van der Waals surface area contributed by atoms with Crippen molar-refractivity contribution in [1.29, 1.82) is 0 Å². The van der Waals surface area contributed by atoms with Crippen LogP contribution >= 0.6 is 0 Å². The second-order valence-corrected chi connectivity index (χ2v) is 6.28. The third-order valence-electron chi connectivity index (χ3n) is 2.80. The summed E-state index contributed by atoms with van der Waals surface area (Å²) in [5.74, 6) is 0.0891. The molecule has 2 rings (SSSR count). The minimum atomic E-state index is -3.49. The fourth-order valence-corrected chi connectivity index (χ4v) is 2.86. The van der Waals surface area contributed by atoms with E-state index in [1.807, 2.05) is 0 Å². The molecular formula is C12H15NO6S. The van der Waals surface area contributed by atoms with Crippen LogP contribution in [0.2, 0.25) is 0 Å². The summed E-state index contributed by atoms with van der Waals surface area (Å²) in [5, 5.41) is 8.62. The first-order valence-electron chi connectivity index (χ1n) is 5.97. The Balaban J connectivity index is 2.20. The van der Waals surface area contributed by atoms with Crippen molar-refractivity contribution in [3.05, 3.63) is 18.2 Å². The standard InChI is InChI=1S/C12H15NO6S/c1-20(16,17)13(6-2-3-12(14)15)9-4-5-10-11(7-9)19-8-18-10/h4-5,7H,2-3,6,8H2,1H3,(H,14,15). The summed E-state index contributed by atoms with van der Waals surface area (Å²) in [7, 11) is -3.49. The first-order valence-corrected chi connectivity index (χ1v) is 7.82. The molecule has 0 spiro atoms. The van der Waals surface area contributed by atoms with E-state index in [1.165, 1.54) is 0 Å². The number of aliphatic carboxylic acids is 1. The van der Waals surface area contributed by atoms with Gasteiger partial charge in [0.25, 0.3) is 0 Å². The molecule has 1 heterocycles. The highest BCUT2D eigenvalue weighted by Gasteiger charge is 2.21. The minimum Gasteiger partial charge on any atom is -0.481 e. The molecule has 1 aromatic carbocycles. The Morgan fingerprint density at radius 1 is 1.35 bits per heavy atom. The van der Waals surface area contributed by atoms with Crippen molar-refractivity contribution in [3.63, 3.8) is 0 Å². The maximum atomic E-state index is 11.8. The highest BCUT2D eigenvalue weighted by atomic mass is 32.2. The largest absolute Gasteiger partial charge is 0.481 e. The van der Waals surface area contributed by atoms with Crippen molar-refractivity contribution in [1.82, 2.24) is 0 Å². The van der Waals surface area contributed by atoms with Crippen molar-refractivity contribution < 1.29 is 27.8 Å². The predicted molar refractivity (Wildman–Crippen MR) is 71.6 cm³/mol. The predicted octanol–water partition coefficient (Wildman–Crippen LogP) is 1.05. The van der Waals surface area contributed by atoms with Gasteiger partial charge in [0.2, 0.25) is 16.8 Å². The number of ether oxygens (including phenoxy) is 2. The third-order valence-corrected chi connectivity index (χ3v) is 3.99.